The van der Waals surface area contributed by atoms with Crippen LogP contribution in [0, 0.1) is 0 Å². The Kier molecular flexibility index (Phi) is 5.31. The molecular weight excluding hydrogens is 367 g/mol. The Morgan fingerprint density at radius 2 is 1.69 bits per heavy atom. The number of carbonyl (C=O) groups is 1. The van der Waals surface area contributed by atoms with Gasteiger partial charge in [-0.1, -0.05) is 24.3 Å². The van der Waals surface area contributed by atoms with Gasteiger partial charge in [0.15, 0.2) is 11.5 Å². The van der Waals surface area contributed by atoms with E-state index in [4.69, 9.17) is 9.47 Å². The predicted octanol–water partition coefficient (Wildman–Crippen LogP) is 4.51. The van der Waals surface area contributed by atoms with E-state index in [1.165, 1.54) is 6.07 Å². The number of hydrogen-bond donors (Lipinski definition) is 1. The first-order valence-electron chi connectivity index (χ1n) is 7.85. The van der Waals surface area contributed by atoms with Crippen LogP contribution in [0.1, 0.15) is 6.92 Å². The lowest BCUT2D eigenvalue weighted by atomic mass is 10.1. The summed E-state index contributed by atoms with van der Waals surface area (Å²) in [4.78, 5) is 12.9. The van der Waals surface area contributed by atoms with Gasteiger partial charge in [0.2, 0.25) is 6.10 Å². The van der Waals surface area contributed by atoms with Crippen molar-refractivity contribution < 1.29 is 27.4 Å². The van der Waals surface area contributed by atoms with Crippen LogP contribution >= 0.6 is 11.8 Å². The third kappa shape index (κ3) is 4.43. The molecule has 1 aliphatic rings. The fourth-order valence-corrected chi connectivity index (χ4v) is 3.23. The van der Waals surface area contributed by atoms with Gasteiger partial charge in [0, 0.05) is 4.90 Å². The number of para-hydroxylation sites is 3. The number of amides is 1. The maximum absolute atomic E-state index is 12.6. The van der Waals surface area contributed by atoms with E-state index in [9.17, 15) is 18.0 Å². The summed E-state index contributed by atoms with van der Waals surface area (Å²) in [6.45, 7) is 1.70. The monoisotopic (exact) mass is 383 g/mol. The van der Waals surface area contributed by atoms with Gasteiger partial charge in [0.1, 0.15) is 6.10 Å². The summed E-state index contributed by atoms with van der Waals surface area (Å²) in [7, 11) is 0. The van der Waals surface area contributed by atoms with Crippen molar-refractivity contribution in [2.45, 2.75) is 30.2 Å². The number of fused-ring (bicyclic) bond motifs is 1. The standard InChI is InChI=1S/C18H16F3NO3S/c1-11-16(25-14-8-4-3-7-13(14)24-11)17(23)22-12-6-2-5-9-15(12)26-10-18(19,20)21/h2-9,11,16H,10H2,1H3,(H,22,23). The van der Waals surface area contributed by atoms with E-state index in [0.717, 1.165) is 0 Å². The van der Waals surface area contributed by atoms with Gasteiger partial charge < -0.3 is 14.8 Å². The first kappa shape index (κ1) is 18.4. The largest absolute Gasteiger partial charge is 0.482 e. The molecule has 2 aromatic rings. The van der Waals surface area contributed by atoms with Crippen LogP contribution in [0.3, 0.4) is 0 Å². The molecule has 26 heavy (non-hydrogen) atoms. The highest BCUT2D eigenvalue weighted by Crippen LogP contribution is 2.35. The topological polar surface area (TPSA) is 47.6 Å². The minimum Gasteiger partial charge on any atom is -0.482 e. The third-order valence-electron chi connectivity index (χ3n) is 3.64. The molecule has 0 aromatic heterocycles. The summed E-state index contributed by atoms with van der Waals surface area (Å²) in [5, 5.41) is 2.65. The van der Waals surface area contributed by atoms with Crippen molar-refractivity contribution in [2.24, 2.45) is 0 Å². The molecule has 2 aromatic carbocycles. The highest BCUT2D eigenvalue weighted by molar-refractivity contribution is 7.99. The number of hydrogen-bond acceptors (Lipinski definition) is 4. The molecule has 4 nitrogen and oxygen atoms in total. The first-order valence-corrected chi connectivity index (χ1v) is 8.84. The van der Waals surface area contributed by atoms with Crippen LogP contribution in [0.5, 0.6) is 11.5 Å². The number of anilines is 1. The van der Waals surface area contributed by atoms with Gasteiger partial charge in [-0.3, -0.25) is 4.79 Å². The number of nitrogens with one attached hydrogen (secondary N) is 1. The Bertz CT molecular complexity index is 797. The molecule has 0 saturated carbocycles. The molecule has 0 spiro atoms. The number of alkyl halides is 3. The average Bonchev–Trinajstić information content (AvgIpc) is 2.59. The smallest absolute Gasteiger partial charge is 0.398 e. The fraction of sp³-hybridized carbons (Fsp3) is 0.278. The van der Waals surface area contributed by atoms with Crippen LogP contribution < -0.4 is 14.8 Å². The van der Waals surface area contributed by atoms with Gasteiger partial charge in [-0.2, -0.15) is 13.2 Å². The zero-order chi connectivity index (χ0) is 18.7. The van der Waals surface area contributed by atoms with E-state index in [2.05, 4.69) is 5.32 Å². The molecule has 0 saturated heterocycles. The molecule has 3 rings (SSSR count). The lowest BCUT2D eigenvalue weighted by molar-refractivity contribution is -0.128. The van der Waals surface area contributed by atoms with Crippen molar-refractivity contribution in [3.8, 4) is 11.5 Å². The summed E-state index contributed by atoms with van der Waals surface area (Å²) in [6.07, 6.45) is -5.74. The van der Waals surface area contributed by atoms with E-state index in [-0.39, 0.29) is 0 Å². The highest BCUT2D eigenvalue weighted by Gasteiger charge is 2.34. The van der Waals surface area contributed by atoms with Gasteiger partial charge in [-0.05, 0) is 31.2 Å². The summed E-state index contributed by atoms with van der Waals surface area (Å²) in [5.74, 6) is -0.519. The summed E-state index contributed by atoms with van der Waals surface area (Å²) >= 11 is 0.620. The SMILES string of the molecule is CC1Oc2ccccc2OC1C(=O)Nc1ccccc1SCC(F)(F)F. The third-order valence-corrected chi connectivity index (χ3v) is 4.78. The molecule has 138 valence electrons. The molecule has 0 aliphatic carbocycles. The molecule has 2 unspecified atom stereocenters. The number of rotatable bonds is 4. The molecule has 1 N–H and O–H groups in total. The zero-order valence-corrected chi connectivity index (χ0v) is 14.6. The Morgan fingerprint density at radius 1 is 1.08 bits per heavy atom. The Balaban J connectivity index is 1.72. The quantitative estimate of drug-likeness (QED) is 0.790. The van der Waals surface area contributed by atoms with Crippen LogP contribution in [-0.2, 0) is 4.79 Å². The summed E-state index contributed by atoms with van der Waals surface area (Å²) in [5.41, 5.74) is 0.307. The molecular formula is C18H16F3NO3S. The van der Waals surface area contributed by atoms with E-state index in [1.807, 2.05) is 0 Å². The van der Waals surface area contributed by atoms with E-state index in [0.29, 0.717) is 33.8 Å². The van der Waals surface area contributed by atoms with Crippen LogP contribution in [-0.4, -0.2) is 30.0 Å². The molecule has 1 amide bonds. The number of halogens is 3. The van der Waals surface area contributed by atoms with Crippen molar-refractivity contribution in [1.82, 2.24) is 0 Å². The van der Waals surface area contributed by atoms with Crippen LogP contribution in [0.25, 0.3) is 0 Å². The zero-order valence-electron chi connectivity index (χ0n) is 13.7. The minimum absolute atomic E-state index is 0.307. The highest BCUT2D eigenvalue weighted by atomic mass is 32.2. The Hall–Kier alpha value is -2.35. The van der Waals surface area contributed by atoms with Gasteiger partial charge in [-0.25, -0.2) is 0 Å². The van der Waals surface area contributed by atoms with Crippen LogP contribution in [0.2, 0.25) is 0 Å². The minimum atomic E-state index is -4.29. The second kappa shape index (κ2) is 7.49. The van der Waals surface area contributed by atoms with E-state index in [1.54, 1.807) is 49.4 Å². The number of thioether (sulfide) groups is 1. The van der Waals surface area contributed by atoms with Crippen molar-refractivity contribution >= 4 is 23.4 Å². The van der Waals surface area contributed by atoms with Crippen molar-refractivity contribution in [3.05, 3.63) is 48.5 Å². The van der Waals surface area contributed by atoms with Gasteiger partial charge in [0.05, 0.1) is 11.4 Å². The Morgan fingerprint density at radius 3 is 2.38 bits per heavy atom. The second-order valence-corrected chi connectivity index (χ2v) is 6.71. The normalized spacial score (nSPS) is 19.1. The van der Waals surface area contributed by atoms with Gasteiger partial charge in [0.25, 0.3) is 5.91 Å². The molecule has 2 atom stereocenters. The summed E-state index contributed by atoms with van der Waals surface area (Å²) < 4.78 is 48.8. The Labute approximate surface area is 152 Å². The fourth-order valence-electron chi connectivity index (χ4n) is 2.47. The van der Waals surface area contributed by atoms with Crippen molar-refractivity contribution in [1.29, 1.82) is 0 Å². The lowest BCUT2D eigenvalue weighted by Gasteiger charge is -2.31. The predicted molar refractivity (Wildman–Crippen MR) is 92.8 cm³/mol. The molecule has 0 radical (unpaired) electrons. The molecule has 1 aliphatic heterocycles. The maximum atomic E-state index is 12.6. The molecule has 0 fully saturated rings. The maximum Gasteiger partial charge on any atom is 0.398 e. The number of benzene rings is 2. The second-order valence-electron chi connectivity index (χ2n) is 5.70. The van der Waals surface area contributed by atoms with Crippen molar-refractivity contribution in [3.63, 3.8) is 0 Å². The van der Waals surface area contributed by atoms with Gasteiger partial charge in [-0.15, -0.1) is 11.8 Å². The van der Waals surface area contributed by atoms with Gasteiger partial charge >= 0.3 is 6.18 Å². The number of carbonyl (C=O) groups excluding carboxylic acids is 1. The van der Waals surface area contributed by atoms with Crippen LogP contribution in [0.4, 0.5) is 18.9 Å². The average molecular weight is 383 g/mol. The van der Waals surface area contributed by atoms with Crippen LogP contribution in [0.15, 0.2) is 53.4 Å². The molecule has 1 heterocycles. The lowest BCUT2D eigenvalue weighted by Crippen LogP contribution is -2.46. The molecule has 8 heteroatoms. The van der Waals surface area contributed by atoms with E-state index >= 15 is 0 Å². The van der Waals surface area contributed by atoms with Crippen molar-refractivity contribution in [2.75, 3.05) is 11.1 Å². The van der Waals surface area contributed by atoms with E-state index < -0.39 is 30.0 Å². The molecule has 0 bridgehead atoms. The first-order chi connectivity index (χ1) is 12.3. The summed E-state index contributed by atoms with van der Waals surface area (Å²) in [6, 6.07) is 13.3. The number of ether oxygens (including phenoxy) is 2.